The summed E-state index contributed by atoms with van der Waals surface area (Å²) in [7, 11) is 1.58. The normalized spacial score (nSPS) is 24.8. The molecule has 1 unspecified atom stereocenters. The van der Waals surface area contributed by atoms with Crippen LogP contribution in [0, 0.1) is 11.3 Å². The van der Waals surface area contributed by atoms with E-state index in [1.165, 1.54) is 0 Å². The zero-order valence-electron chi connectivity index (χ0n) is 19.9. The lowest BCUT2D eigenvalue weighted by Crippen LogP contribution is -2.58. The van der Waals surface area contributed by atoms with Crippen molar-refractivity contribution in [1.82, 2.24) is 20.5 Å². The predicted octanol–water partition coefficient (Wildman–Crippen LogP) is 0.849. The van der Waals surface area contributed by atoms with Crippen LogP contribution in [0.3, 0.4) is 0 Å². The quantitative estimate of drug-likeness (QED) is 0.369. The molecule has 3 aliphatic rings. The molecule has 1 aliphatic carbocycles. The van der Waals surface area contributed by atoms with Gasteiger partial charge in [-0.05, 0) is 62.1 Å². The van der Waals surface area contributed by atoms with Crippen molar-refractivity contribution >= 4 is 28.6 Å². The van der Waals surface area contributed by atoms with E-state index in [1.54, 1.807) is 18.1 Å². The fraction of sp³-hybridized carbons (Fsp3) is 0.560. The largest absolute Gasteiger partial charge is 0.496 e. The summed E-state index contributed by atoms with van der Waals surface area (Å²) in [5.74, 6) is -0.326. The van der Waals surface area contributed by atoms with Crippen LogP contribution in [-0.2, 0) is 9.59 Å². The molecule has 10 heteroatoms. The van der Waals surface area contributed by atoms with Gasteiger partial charge in [0.15, 0.2) is 0 Å². The first-order valence-corrected chi connectivity index (χ1v) is 12.3. The van der Waals surface area contributed by atoms with E-state index in [0.717, 1.165) is 30.2 Å². The highest BCUT2D eigenvalue weighted by molar-refractivity contribution is 6.01. The molecule has 1 aromatic carbocycles. The van der Waals surface area contributed by atoms with E-state index in [4.69, 9.17) is 10.5 Å². The summed E-state index contributed by atoms with van der Waals surface area (Å²) in [5, 5.41) is 16.6. The number of H-pyrrole nitrogens is 1. The number of aromatic nitrogens is 1. The first-order chi connectivity index (χ1) is 16.8. The smallest absolute Gasteiger partial charge is 0.270 e. The number of aliphatic hydroxyl groups excluding tert-OH is 1. The first kappa shape index (κ1) is 23.6. The second-order valence-electron chi connectivity index (χ2n) is 10.2. The van der Waals surface area contributed by atoms with Crippen molar-refractivity contribution in [1.29, 1.82) is 0 Å². The lowest BCUT2D eigenvalue weighted by molar-refractivity contribution is -0.130. The van der Waals surface area contributed by atoms with E-state index < -0.39 is 18.3 Å². The van der Waals surface area contributed by atoms with Crippen LogP contribution in [0.15, 0.2) is 24.3 Å². The fourth-order valence-electron chi connectivity index (χ4n) is 5.56. The number of hydrogen-bond acceptors (Lipinski definition) is 6. The Labute approximate surface area is 203 Å². The Balaban J connectivity index is 1.36. The number of rotatable bonds is 7. The maximum absolute atomic E-state index is 13.6. The predicted molar refractivity (Wildman–Crippen MR) is 128 cm³/mol. The number of aromatic amines is 1. The second-order valence-corrected chi connectivity index (χ2v) is 10.2. The molecule has 4 atom stereocenters. The van der Waals surface area contributed by atoms with Crippen LogP contribution < -0.4 is 21.1 Å². The fourth-order valence-corrected chi connectivity index (χ4v) is 5.56. The Kier molecular flexibility index (Phi) is 6.18. The van der Waals surface area contributed by atoms with Crippen molar-refractivity contribution in [3.63, 3.8) is 0 Å². The molecule has 188 valence electrons. The van der Waals surface area contributed by atoms with Crippen LogP contribution in [0.25, 0.3) is 10.9 Å². The lowest BCUT2D eigenvalue weighted by Gasteiger charge is -2.39. The number of carbonyl (C=O) groups is 3. The molecular formula is C25H33N5O5. The van der Waals surface area contributed by atoms with Gasteiger partial charge in [0.2, 0.25) is 11.8 Å². The third kappa shape index (κ3) is 4.60. The van der Waals surface area contributed by atoms with Crippen LogP contribution in [-0.4, -0.2) is 71.2 Å². The van der Waals surface area contributed by atoms with Gasteiger partial charge >= 0.3 is 0 Å². The SMILES string of the molecule is COc1cccc2[nH]c(C(=O)N3CCC4(CC4)C[C@H]3C(=O)N[C@@H](C[C@@H]3CCNC3=O)C(N)O)cc12. The van der Waals surface area contributed by atoms with E-state index in [9.17, 15) is 19.5 Å². The number of nitrogens with zero attached hydrogens (tertiary/aromatic N) is 1. The van der Waals surface area contributed by atoms with Gasteiger partial charge in [-0.25, -0.2) is 0 Å². The minimum absolute atomic E-state index is 0.0921. The maximum atomic E-state index is 13.6. The molecule has 0 bridgehead atoms. The van der Waals surface area contributed by atoms with Crippen LogP contribution in [0.5, 0.6) is 5.75 Å². The van der Waals surface area contributed by atoms with Gasteiger partial charge in [0, 0.05) is 29.9 Å². The number of nitrogens with two attached hydrogens (primary N) is 1. The molecule has 2 saturated heterocycles. The van der Waals surface area contributed by atoms with Gasteiger partial charge in [0.1, 0.15) is 23.7 Å². The van der Waals surface area contributed by atoms with Gasteiger partial charge in [-0.1, -0.05) is 6.07 Å². The van der Waals surface area contributed by atoms with Crippen LogP contribution in [0.4, 0.5) is 0 Å². The number of nitrogens with one attached hydrogen (secondary N) is 3. The standard InChI is InChI=1S/C25H33N5O5/c1-35-20-4-2-3-16-15(20)12-18(28-16)24(34)30-10-8-25(6-7-25)13-19(30)23(33)29-17(21(26)31)11-14-5-9-27-22(14)32/h2-4,12,14,17,19,21,28,31H,5-11,13,26H2,1H3,(H,27,32)(H,29,33)/t14-,17-,19-,21?/m0/s1. The van der Waals surface area contributed by atoms with Crippen molar-refractivity contribution in [3.8, 4) is 5.75 Å². The molecule has 1 spiro atoms. The number of methoxy groups -OCH3 is 1. The number of likely N-dealkylation sites (tertiary alicyclic amines) is 1. The van der Waals surface area contributed by atoms with E-state index in [2.05, 4.69) is 15.6 Å². The highest BCUT2D eigenvalue weighted by Crippen LogP contribution is 2.55. The number of fused-ring (bicyclic) bond motifs is 1. The number of piperidine rings is 1. The Morgan fingerprint density at radius 3 is 2.80 bits per heavy atom. The van der Waals surface area contributed by atoms with Gasteiger partial charge in [-0.3, -0.25) is 14.4 Å². The Hall–Kier alpha value is -3.11. The average molecular weight is 484 g/mol. The molecule has 5 rings (SSSR count). The average Bonchev–Trinajstić information content (AvgIpc) is 3.25. The summed E-state index contributed by atoms with van der Waals surface area (Å²) >= 11 is 0. The third-order valence-corrected chi connectivity index (χ3v) is 7.92. The summed E-state index contributed by atoms with van der Waals surface area (Å²) < 4.78 is 5.42. The van der Waals surface area contributed by atoms with Crippen molar-refractivity contribution in [2.45, 2.75) is 56.8 Å². The Morgan fingerprint density at radius 1 is 1.34 bits per heavy atom. The molecule has 6 N–H and O–H groups in total. The van der Waals surface area contributed by atoms with Crippen LogP contribution in [0.1, 0.15) is 49.0 Å². The zero-order chi connectivity index (χ0) is 24.7. The minimum atomic E-state index is -1.31. The minimum Gasteiger partial charge on any atom is -0.496 e. The molecule has 10 nitrogen and oxygen atoms in total. The highest BCUT2D eigenvalue weighted by atomic mass is 16.5. The highest BCUT2D eigenvalue weighted by Gasteiger charge is 2.51. The molecule has 0 radical (unpaired) electrons. The number of benzene rings is 1. The lowest BCUT2D eigenvalue weighted by atomic mass is 9.87. The summed E-state index contributed by atoms with van der Waals surface area (Å²) in [6.45, 7) is 1.05. The first-order valence-electron chi connectivity index (χ1n) is 12.3. The topological polar surface area (TPSA) is 150 Å². The van der Waals surface area contributed by atoms with E-state index in [0.29, 0.717) is 37.4 Å². The van der Waals surface area contributed by atoms with Gasteiger partial charge in [-0.2, -0.15) is 0 Å². The van der Waals surface area contributed by atoms with Gasteiger partial charge in [0.05, 0.1) is 13.2 Å². The summed E-state index contributed by atoms with van der Waals surface area (Å²) in [4.78, 5) is 43.9. The summed E-state index contributed by atoms with van der Waals surface area (Å²) in [6.07, 6.45) is 3.11. The molecule has 1 saturated carbocycles. The summed E-state index contributed by atoms with van der Waals surface area (Å²) in [5.41, 5.74) is 7.05. The van der Waals surface area contributed by atoms with Crippen LogP contribution in [0.2, 0.25) is 0 Å². The molecule has 35 heavy (non-hydrogen) atoms. The number of hydrogen-bond donors (Lipinski definition) is 5. The molecule has 2 aromatic rings. The van der Waals surface area contributed by atoms with Crippen molar-refractivity contribution in [2.24, 2.45) is 17.1 Å². The van der Waals surface area contributed by atoms with Gasteiger partial charge in [0.25, 0.3) is 5.91 Å². The number of aliphatic hydroxyl groups is 1. The molecule has 2 aliphatic heterocycles. The van der Waals surface area contributed by atoms with Crippen molar-refractivity contribution in [3.05, 3.63) is 30.0 Å². The molecule has 3 heterocycles. The van der Waals surface area contributed by atoms with E-state index in [-0.39, 0.29) is 35.5 Å². The molecule has 3 fully saturated rings. The Morgan fingerprint density at radius 2 is 2.14 bits per heavy atom. The molecular weight excluding hydrogens is 450 g/mol. The van der Waals surface area contributed by atoms with Gasteiger partial charge < -0.3 is 36.1 Å². The third-order valence-electron chi connectivity index (χ3n) is 7.92. The zero-order valence-corrected chi connectivity index (χ0v) is 19.9. The number of amides is 3. The van der Waals surface area contributed by atoms with Crippen LogP contribution >= 0.6 is 0 Å². The second kappa shape index (κ2) is 9.16. The number of carbonyl (C=O) groups excluding carboxylic acids is 3. The molecule has 3 amide bonds. The summed E-state index contributed by atoms with van der Waals surface area (Å²) in [6, 6.07) is 5.87. The molecule has 1 aromatic heterocycles. The Bertz CT molecular complexity index is 1140. The van der Waals surface area contributed by atoms with E-state index in [1.807, 2.05) is 18.2 Å². The van der Waals surface area contributed by atoms with Gasteiger partial charge in [-0.15, -0.1) is 0 Å². The van der Waals surface area contributed by atoms with E-state index >= 15 is 0 Å². The monoisotopic (exact) mass is 483 g/mol. The van der Waals surface area contributed by atoms with Crippen molar-refractivity contribution < 1.29 is 24.2 Å². The van der Waals surface area contributed by atoms with Crippen molar-refractivity contribution in [2.75, 3.05) is 20.2 Å². The number of ether oxygens (including phenoxy) is 1. The maximum Gasteiger partial charge on any atom is 0.270 e.